The Hall–Kier alpha value is -0.930. The van der Waals surface area contributed by atoms with Crippen molar-refractivity contribution in [2.75, 3.05) is 12.4 Å². The lowest BCUT2D eigenvalue weighted by Gasteiger charge is -2.20. The van der Waals surface area contributed by atoms with Crippen LogP contribution < -0.4 is 5.73 Å². The lowest BCUT2D eigenvalue weighted by atomic mass is 10.2. The molecule has 0 bridgehead atoms. The number of benzene rings is 1. The Morgan fingerprint density at radius 1 is 1.31 bits per heavy atom. The van der Waals surface area contributed by atoms with E-state index in [1.807, 2.05) is 18.2 Å². The van der Waals surface area contributed by atoms with Crippen LogP contribution in [0.25, 0.3) is 0 Å². The van der Waals surface area contributed by atoms with Crippen molar-refractivity contribution in [1.82, 2.24) is 0 Å². The van der Waals surface area contributed by atoms with Crippen LogP contribution in [0.5, 0.6) is 0 Å². The second-order valence-corrected chi connectivity index (χ2v) is 4.92. The minimum atomic E-state index is 0.0190. The van der Waals surface area contributed by atoms with Gasteiger partial charge in [-0.05, 0) is 31.1 Å². The molecule has 1 unspecified atom stereocenters. The highest BCUT2D eigenvalue weighted by Crippen LogP contribution is 2.21. The van der Waals surface area contributed by atoms with E-state index in [-0.39, 0.29) is 6.04 Å². The Balaban J connectivity index is 1.83. The summed E-state index contributed by atoms with van der Waals surface area (Å²) in [5.41, 5.74) is 6.08. The molecule has 1 aromatic carbocycles. The highest BCUT2D eigenvalue weighted by molar-refractivity contribution is 7.99. The largest absolute Gasteiger partial charge is 0.497 e. The smallest absolute Gasteiger partial charge is 0.110 e. The zero-order chi connectivity index (χ0) is 11.2. The van der Waals surface area contributed by atoms with Gasteiger partial charge in [0.2, 0.25) is 0 Å². The van der Waals surface area contributed by atoms with Crippen molar-refractivity contribution in [3.63, 3.8) is 0 Å². The molecular formula is C13H17NOS. The van der Waals surface area contributed by atoms with Crippen molar-refractivity contribution in [3.05, 3.63) is 42.2 Å². The highest BCUT2D eigenvalue weighted by atomic mass is 32.2. The van der Waals surface area contributed by atoms with Crippen LogP contribution in [0.4, 0.5) is 0 Å². The molecule has 2 nitrogen and oxygen atoms in total. The van der Waals surface area contributed by atoms with Crippen molar-refractivity contribution in [3.8, 4) is 0 Å². The molecule has 1 aromatic rings. The van der Waals surface area contributed by atoms with E-state index >= 15 is 0 Å². The molecule has 0 saturated heterocycles. The normalized spacial score (nSPS) is 17.4. The van der Waals surface area contributed by atoms with E-state index in [1.54, 1.807) is 11.8 Å². The average Bonchev–Trinajstić information content (AvgIpc) is 2.38. The summed E-state index contributed by atoms with van der Waals surface area (Å²) in [5, 5.41) is 0. The van der Waals surface area contributed by atoms with Crippen molar-refractivity contribution in [1.29, 1.82) is 0 Å². The fourth-order valence-electron chi connectivity index (χ4n) is 1.62. The van der Waals surface area contributed by atoms with Crippen LogP contribution >= 0.6 is 11.8 Å². The van der Waals surface area contributed by atoms with Crippen molar-refractivity contribution in [2.45, 2.75) is 23.8 Å². The lowest BCUT2D eigenvalue weighted by Crippen LogP contribution is -2.28. The number of rotatable bonds is 4. The van der Waals surface area contributed by atoms with Crippen LogP contribution in [0, 0.1) is 0 Å². The van der Waals surface area contributed by atoms with Gasteiger partial charge in [0.1, 0.15) is 5.76 Å². The first kappa shape index (κ1) is 11.6. The summed E-state index contributed by atoms with van der Waals surface area (Å²) < 4.78 is 5.55. The van der Waals surface area contributed by atoms with Crippen LogP contribution in [-0.2, 0) is 4.74 Å². The third kappa shape index (κ3) is 3.29. The molecular weight excluding hydrogens is 218 g/mol. The monoisotopic (exact) mass is 235 g/mol. The number of nitrogens with two attached hydrogens (primary N) is 1. The highest BCUT2D eigenvalue weighted by Gasteiger charge is 2.13. The molecule has 3 heteroatoms. The van der Waals surface area contributed by atoms with E-state index in [1.165, 1.54) is 4.90 Å². The van der Waals surface area contributed by atoms with E-state index in [2.05, 4.69) is 18.2 Å². The third-order valence-corrected chi connectivity index (χ3v) is 3.63. The zero-order valence-electron chi connectivity index (χ0n) is 9.26. The fraction of sp³-hybridized carbons (Fsp3) is 0.385. The van der Waals surface area contributed by atoms with Gasteiger partial charge >= 0.3 is 0 Å². The Bertz CT molecular complexity index is 350. The molecule has 1 atom stereocenters. The molecule has 2 rings (SSSR count). The van der Waals surface area contributed by atoms with Crippen LogP contribution in [0.1, 0.15) is 12.8 Å². The molecule has 0 amide bonds. The molecule has 1 aliphatic heterocycles. The summed E-state index contributed by atoms with van der Waals surface area (Å²) in [7, 11) is 0. The predicted octanol–water partition coefficient (Wildman–Crippen LogP) is 2.80. The summed E-state index contributed by atoms with van der Waals surface area (Å²) in [6.45, 7) is 0.815. The zero-order valence-corrected chi connectivity index (χ0v) is 10.1. The van der Waals surface area contributed by atoms with Gasteiger partial charge in [0.05, 0.1) is 12.6 Å². The average molecular weight is 235 g/mol. The molecule has 0 radical (unpaired) electrons. The summed E-state index contributed by atoms with van der Waals surface area (Å²) >= 11 is 1.78. The van der Waals surface area contributed by atoms with E-state index in [9.17, 15) is 0 Å². The summed E-state index contributed by atoms with van der Waals surface area (Å²) in [5.74, 6) is 1.84. The molecule has 0 spiro atoms. The first-order valence-corrected chi connectivity index (χ1v) is 6.61. The van der Waals surface area contributed by atoms with E-state index < -0.39 is 0 Å². The van der Waals surface area contributed by atoms with Crippen molar-refractivity contribution < 1.29 is 4.74 Å². The lowest BCUT2D eigenvalue weighted by molar-refractivity contribution is 0.179. The maximum absolute atomic E-state index is 6.08. The number of ether oxygens (including phenoxy) is 1. The molecule has 1 aliphatic rings. The molecule has 0 aliphatic carbocycles. The van der Waals surface area contributed by atoms with Gasteiger partial charge in [-0.15, -0.1) is 11.8 Å². The van der Waals surface area contributed by atoms with Crippen LogP contribution in [0.15, 0.2) is 47.1 Å². The first-order chi connectivity index (χ1) is 7.86. The van der Waals surface area contributed by atoms with Gasteiger partial charge in [-0.2, -0.15) is 0 Å². The van der Waals surface area contributed by atoms with Gasteiger partial charge in [-0.25, -0.2) is 0 Å². The van der Waals surface area contributed by atoms with Gasteiger partial charge in [-0.3, -0.25) is 0 Å². The molecule has 0 saturated carbocycles. The second-order valence-electron chi connectivity index (χ2n) is 3.83. The quantitative estimate of drug-likeness (QED) is 0.815. The molecule has 2 N–H and O–H groups in total. The predicted molar refractivity (Wildman–Crippen MR) is 68.4 cm³/mol. The minimum absolute atomic E-state index is 0.0190. The minimum Gasteiger partial charge on any atom is -0.497 e. The van der Waals surface area contributed by atoms with Crippen molar-refractivity contribution in [2.24, 2.45) is 5.73 Å². The summed E-state index contributed by atoms with van der Waals surface area (Å²) in [4.78, 5) is 1.26. The summed E-state index contributed by atoms with van der Waals surface area (Å²) in [6.07, 6.45) is 4.33. The maximum Gasteiger partial charge on any atom is 0.110 e. The number of hydrogen-bond acceptors (Lipinski definition) is 3. The molecule has 1 heterocycles. The fourth-order valence-corrected chi connectivity index (χ4v) is 2.51. The van der Waals surface area contributed by atoms with E-state index in [4.69, 9.17) is 10.5 Å². The van der Waals surface area contributed by atoms with Gasteiger partial charge < -0.3 is 10.5 Å². The molecule has 0 aromatic heterocycles. The Kier molecular flexibility index (Phi) is 4.31. The first-order valence-electron chi connectivity index (χ1n) is 5.62. The van der Waals surface area contributed by atoms with Gasteiger partial charge in [0, 0.05) is 10.6 Å². The van der Waals surface area contributed by atoms with Gasteiger partial charge in [0.15, 0.2) is 0 Å². The summed E-state index contributed by atoms with van der Waals surface area (Å²) in [6, 6.07) is 10.3. The van der Waals surface area contributed by atoms with Gasteiger partial charge in [-0.1, -0.05) is 18.2 Å². The third-order valence-electron chi connectivity index (χ3n) is 2.50. The number of thioether (sulfide) groups is 1. The molecule has 0 fully saturated rings. The van der Waals surface area contributed by atoms with Crippen LogP contribution in [-0.4, -0.2) is 18.4 Å². The Morgan fingerprint density at radius 2 is 2.12 bits per heavy atom. The standard InChI is InChI=1S/C13H17NOS/c14-12(13-8-4-5-9-15-13)10-16-11-6-2-1-3-7-11/h1-3,6-8,12H,4-5,9-10,14H2. The number of hydrogen-bond donors (Lipinski definition) is 1. The van der Waals surface area contributed by atoms with Crippen LogP contribution in [0.3, 0.4) is 0 Å². The Labute approximate surface area is 101 Å². The topological polar surface area (TPSA) is 35.2 Å². The molecule has 16 heavy (non-hydrogen) atoms. The van der Waals surface area contributed by atoms with Crippen molar-refractivity contribution >= 4 is 11.8 Å². The molecule has 86 valence electrons. The maximum atomic E-state index is 6.08. The van der Waals surface area contributed by atoms with E-state index in [0.717, 1.165) is 31.0 Å². The van der Waals surface area contributed by atoms with Gasteiger partial charge in [0.25, 0.3) is 0 Å². The van der Waals surface area contributed by atoms with E-state index in [0.29, 0.717) is 0 Å². The SMILES string of the molecule is NC(CSc1ccccc1)C1=CCCCO1. The van der Waals surface area contributed by atoms with Crippen LogP contribution in [0.2, 0.25) is 0 Å². The second kappa shape index (κ2) is 5.97. The Morgan fingerprint density at radius 3 is 2.81 bits per heavy atom. The number of allylic oxidation sites excluding steroid dienone is 1.